The normalized spacial score (nSPS) is 10.8. The highest BCUT2D eigenvalue weighted by atomic mass is 16.3. The summed E-state index contributed by atoms with van der Waals surface area (Å²) in [7, 11) is 0. The summed E-state index contributed by atoms with van der Waals surface area (Å²) in [6.07, 6.45) is 1.23. The number of hydrogen-bond acceptors (Lipinski definition) is 5. The van der Waals surface area contributed by atoms with Gasteiger partial charge in [-0.05, 0) is 17.7 Å². The van der Waals surface area contributed by atoms with Crippen molar-refractivity contribution >= 4 is 11.0 Å². The van der Waals surface area contributed by atoms with Gasteiger partial charge in [0.15, 0.2) is 0 Å². The van der Waals surface area contributed by atoms with Crippen molar-refractivity contribution in [2.45, 2.75) is 0 Å². The van der Waals surface area contributed by atoms with Crippen molar-refractivity contribution in [1.82, 2.24) is 0 Å². The van der Waals surface area contributed by atoms with Gasteiger partial charge in [0.2, 0.25) is 5.43 Å². The fraction of sp³-hybridized carbons (Fsp3) is 0. The van der Waals surface area contributed by atoms with E-state index in [2.05, 4.69) is 0 Å². The lowest BCUT2D eigenvalue weighted by molar-refractivity contribution is 0.452. The summed E-state index contributed by atoms with van der Waals surface area (Å²) in [5.41, 5.74) is 0.355. The van der Waals surface area contributed by atoms with Crippen molar-refractivity contribution < 1.29 is 19.7 Å². The minimum Gasteiger partial charge on any atom is -0.508 e. The molecule has 20 heavy (non-hydrogen) atoms. The molecule has 0 saturated heterocycles. The minimum absolute atomic E-state index is 0.0105. The molecule has 1 aromatic heterocycles. The molecule has 0 bridgehead atoms. The van der Waals surface area contributed by atoms with Crippen LogP contribution >= 0.6 is 0 Å². The van der Waals surface area contributed by atoms with Gasteiger partial charge in [-0.3, -0.25) is 4.79 Å². The SMILES string of the molecule is O=c1c(-c2cccc(O)c2)coc2cc(O)cc(O)c12. The summed E-state index contributed by atoms with van der Waals surface area (Å²) < 4.78 is 5.28. The number of rotatable bonds is 1. The summed E-state index contributed by atoms with van der Waals surface area (Å²) in [6.45, 7) is 0. The van der Waals surface area contributed by atoms with Crippen molar-refractivity contribution in [1.29, 1.82) is 0 Å². The topological polar surface area (TPSA) is 90.9 Å². The first-order chi connectivity index (χ1) is 9.56. The third kappa shape index (κ3) is 1.85. The molecule has 1 heterocycles. The van der Waals surface area contributed by atoms with Crippen LogP contribution in [0.1, 0.15) is 0 Å². The summed E-state index contributed by atoms with van der Waals surface area (Å²) in [4.78, 5) is 12.4. The number of fused-ring (bicyclic) bond motifs is 1. The van der Waals surface area contributed by atoms with E-state index in [0.29, 0.717) is 5.56 Å². The number of aromatic hydroxyl groups is 3. The first-order valence-electron chi connectivity index (χ1n) is 5.83. The molecule has 2 aromatic carbocycles. The molecule has 0 aliphatic carbocycles. The molecule has 0 spiro atoms. The van der Waals surface area contributed by atoms with E-state index in [4.69, 9.17) is 4.42 Å². The monoisotopic (exact) mass is 270 g/mol. The van der Waals surface area contributed by atoms with Crippen molar-refractivity contribution in [2.24, 2.45) is 0 Å². The van der Waals surface area contributed by atoms with Crippen molar-refractivity contribution in [3.05, 3.63) is 52.9 Å². The van der Waals surface area contributed by atoms with E-state index >= 15 is 0 Å². The van der Waals surface area contributed by atoms with Crippen LogP contribution in [-0.2, 0) is 0 Å². The molecular formula is C15H10O5. The van der Waals surface area contributed by atoms with Crippen LogP contribution in [0, 0.1) is 0 Å². The van der Waals surface area contributed by atoms with Crippen LogP contribution in [-0.4, -0.2) is 15.3 Å². The molecule has 3 aromatic rings. The van der Waals surface area contributed by atoms with E-state index in [0.717, 1.165) is 6.07 Å². The van der Waals surface area contributed by atoms with Crippen LogP contribution in [0.15, 0.2) is 51.9 Å². The quantitative estimate of drug-likeness (QED) is 0.632. The number of phenolic OH excluding ortho intramolecular Hbond substituents is 3. The second kappa shape index (κ2) is 4.31. The van der Waals surface area contributed by atoms with Gasteiger partial charge in [0.25, 0.3) is 0 Å². The molecule has 0 atom stereocenters. The van der Waals surface area contributed by atoms with Crippen LogP contribution in [0.4, 0.5) is 0 Å². The molecule has 0 radical (unpaired) electrons. The molecular weight excluding hydrogens is 260 g/mol. The van der Waals surface area contributed by atoms with E-state index in [9.17, 15) is 20.1 Å². The predicted octanol–water partition coefficient (Wildman–Crippen LogP) is 2.58. The van der Waals surface area contributed by atoms with E-state index in [1.165, 1.54) is 24.5 Å². The summed E-state index contributed by atoms with van der Waals surface area (Å²) >= 11 is 0. The molecule has 100 valence electrons. The lowest BCUT2D eigenvalue weighted by Crippen LogP contribution is -2.04. The Balaban J connectivity index is 2.35. The van der Waals surface area contributed by atoms with E-state index < -0.39 is 5.43 Å². The van der Waals surface area contributed by atoms with Gasteiger partial charge in [0.1, 0.15) is 34.5 Å². The molecule has 0 unspecified atom stereocenters. The fourth-order valence-corrected chi connectivity index (χ4v) is 2.09. The summed E-state index contributed by atoms with van der Waals surface area (Å²) in [6, 6.07) is 8.49. The van der Waals surface area contributed by atoms with Gasteiger partial charge in [-0.2, -0.15) is 0 Å². The Labute approximate surface area is 113 Å². The molecule has 5 heteroatoms. The highest BCUT2D eigenvalue weighted by Crippen LogP contribution is 2.30. The Bertz CT molecular complexity index is 864. The number of benzene rings is 2. The van der Waals surface area contributed by atoms with Gasteiger partial charge in [0, 0.05) is 12.1 Å². The summed E-state index contributed by atoms with van der Waals surface area (Å²) in [5.74, 6) is -0.518. The second-order valence-corrected chi connectivity index (χ2v) is 4.37. The maximum atomic E-state index is 12.4. The maximum absolute atomic E-state index is 12.4. The Morgan fingerprint density at radius 1 is 0.950 bits per heavy atom. The molecule has 3 rings (SSSR count). The van der Waals surface area contributed by atoms with Crippen LogP contribution in [0.5, 0.6) is 17.2 Å². The zero-order chi connectivity index (χ0) is 14.3. The third-order valence-corrected chi connectivity index (χ3v) is 3.00. The van der Waals surface area contributed by atoms with Crippen molar-refractivity contribution in [3.63, 3.8) is 0 Å². The standard InChI is InChI=1S/C15H10O5/c16-9-3-1-2-8(4-9)11-7-20-13-6-10(17)5-12(18)14(13)15(11)19/h1-7,16-18H. The van der Waals surface area contributed by atoms with Crippen molar-refractivity contribution in [2.75, 3.05) is 0 Å². The third-order valence-electron chi connectivity index (χ3n) is 3.00. The van der Waals surface area contributed by atoms with Crippen LogP contribution in [0.25, 0.3) is 22.1 Å². The van der Waals surface area contributed by atoms with Crippen LogP contribution in [0.2, 0.25) is 0 Å². The Morgan fingerprint density at radius 3 is 2.50 bits per heavy atom. The van der Waals surface area contributed by atoms with Crippen LogP contribution in [0.3, 0.4) is 0 Å². The molecule has 0 amide bonds. The largest absolute Gasteiger partial charge is 0.508 e. The Hall–Kier alpha value is -2.95. The fourth-order valence-electron chi connectivity index (χ4n) is 2.09. The molecule has 0 aliphatic heterocycles. The number of phenols is 3. The number of hydrogen-bond donors (Lipinski definition) is 3. The highest BCUT2D eigenvalue weighted by molar-refractivity contribution is 5.88. The molecule has 0 fully saturated rings. The van der Waals surface area contributed by atoms with Gasteiger partial charge in [-0.15, -0.1) is 0 Å². The first kappa shape index (κ1) is 12.1. The van der Waals surface area contributed by atoms with E-state index in [1.54, 1.807) is 12.1 Å². The minimum atomic E-state index is -0.436. The predicted molar refractivity (Wildman–Crippen MR) is 72.9 cm³/mol. The smallest absolute Gasteiger partial charge is 0.204 e. The maximum Gasteiger partial charge on any atom is 0.204 e. The molecule has 3 N–H and O–H groups in total. The zero-order valence-corrected chi connectivity index (χ0v) is 10.2. The van der Waals surface area contributed by atoms with Gasteiger partial charge < -0.3 is 19.7 Å². The molecule has 0 aliphatic rings. The van der Waals surface area contributed by atoms with E-state index in [1.807, 2.05) is 0 Å². The molecule has 0 saturated carbocycles. The first-order valence-corrected chi connectivity index (χ1v) is 5.83. The van der Waals surface area contributed by atoms with Gasteiger partial charge in [-0.25, -0.2) is 0 Å². The van der Waals surface area contributed by atoms with E-state index in [-0.39, 0.29) is 33.8 Å². The zero-order valence-electron chi connectivity index (χ0n) is 10.2. The van der Waals surface area contributed by atoms with Gasteiger partial charge in [0.05, 0.1) is 5.56 Å². The lowest BCUT2D eigenvalue weighted by atomic mass is 10.0. The molecule has 5 nitrogen and oxygen atoms in total. The Morgan fingerprint density at radius 2 is 1.75 bits per heavy atom. The summed E-state index contributed by atoms with van der Waals surface area (Å²) in [5, 5.41) is 28.6. The highest BCUT2D eigenvalue weighted by Gasteiger charge is 2.13. The lowest BCUT2D eigenvalue weighted by Gasteiger charge is -2.05. The van der Waals surface area contributed by atoms with Gasteiger partial charge >= 0.3 is 0 Å². The Kier molecular flexibility index (Phi) is 2.61. The second-order valence-electron chi connectivity index (χ2n) is 4.37. The average molecular weight is 270 g/mol. The van der Waals surface area contributed by atoms with Crippen LogP contribution < -0.4 is 5.43 Å². The van der Waals surface area contributed by atoms with Gasteiger partial charge in [-0.1, -0.05) is 12.1 Å². The van der Waals surface area contributed by atoms with Crippen molar-refractivity contribution in [3.8, 4) is 28.4 Å². The average Bonchev–Trinajstić information content (AvgIpc) is 2.38.